The molecule has 2 N–H and O–H groups in total. The van der Waals surface area contributed by atoms with E-state index in [2.05, 4.69) is 5.32 Å². The maximum Gasteiger partial charge on any atom is 0.126 e. The molecular formula is C13H19FN2O2. The van der Waals surface area contributed by atoms with Crippen LogP contribution in [-0.4, -0.2) is 43.8 Å². The number of phenols is 1. The second-order valence-corrected chi connectivity index (χ2v) is 4.80. The van der Waals surface area contributed by atoms with Crippen LogP contribution in [0.2, 0.25) is 0 Å². The molecule has 0 saturated carbocycles. The molecule has 18 heavy (non-hydrogen) atoms. The summed E-state index contributed by atoms with van der Waals surface area (Å²) in [5.74, 6) is -0.201. The molecule has 1 heterocycles. The minimum atomic E-state index is -0.339. The number of hydrogen-bond acceptors (Lipinski definition) is 4. The van der Waals surface area contributed by atoms with Crippen LogP contribution in [0.3, 0.4) is 0 Å². The van der Waals surface area contributed by atoms with E-state index in [9.17, 15) is 9.50 Å². The molecule has 4 nitrogen and oxygen atoms in total. The smallest absolute Gasteiger partial charge is 0.126 e. The van der Waals surface area contributed by atoms with Gasteiger partial charge in [0, 0.05) is 30.8 Å². The van der Waals surface area contributed by atoms with Gasteiger partial charge in [-0.3, -0.25) is 0 Å². The first-order valence-corrected chi connectivity index (χ1v) is 6.06. The van der Waals surface area contributed by atoms with Gasteiger partial charge in [-0.2, -0.15) is 0 Å². The number of ether oxygens (including phenoxy) is 1. The number of halogens is 1. The zero-order valence-electron chi connectivity index (χ0n) is 10.7. The molecule has 0 bridgehead atoms. The van der Waals surface area contributed by atoms with E-state index in [4.69, 9.17) is 4.74 Å². The van der Waals surface area contributed by atoms with E-state index in [0.717, 1.165) is 6.54 Å². The number of rotatable bonds is 3. The zero-order valence-corrected chi connectivity index (χ0v) is 10.7. The fourth-order valence-electron chi connectivity index (χ4n) is 2.15. The molecular weight excluding hydrogens is 235 g/mol. The van der Waals surface area contributed by atoms with Gasteiger partial charge in [0.05, 0.1) is 12.7 Å². The monoisotopic (exact) mass is 254 g/mol. The number of benzene rings is 1. The van der Waals surface area contributed by atoms with E-state index in [1.54, 1.807) is 0 Å². The van der Waals surface area contributed by atoms with Gasteiger partial charge in [0.15, 0.2) is 0 Å². The van der Waals surface area contributed by atoms with Gasteiger partial charge in [0.2, 0.25) is 0 Å². The molecule has 1 fully saturated rings. The summed E-state index contributed by atoms with van der Waals surface area (Å²) in [4.78, 5) is 1.89. The fourth-order valence-corrected chi connectivity index (χ4v) is 2.15. The summed E-state index contributed by atoms with van der Waals surface area (Å²) < 4.78 is 19.2. The van der Waals surface area contributed by atoms with Crippen molar-refractivity contribution in [3.8, 4) is 5.75 Å². The van der Waals surface area contributed by atoms with Crippen LogP contribution in [0.1, 0.15) is 17.2 Å². The molecule has 1 aliphatic heterocycles. The third kappa shape index (κ3) is 2.98. The first-order chi connectivity index (χ1) is 8.58. The third-order valence-electron chi connectivity index (χ3n) is 2.94. The van der Waals surface area contributed by atoms with Crippen LogP contribution in [-0.2, 0) is 11.3 Å². The van der Waals surface area contributed by atoms with Crippen molar-refractivity contribution in [3.05, 3.63) is 29.1 Å². The van der Waals surface area contributed by atoms with Gasteiger partial charge < -0.3 is 20.1 Å². The van der Waals surface area contributed by atoms with Gasteiger partial charge in [0.25, 0.3) is 0 Å². The summed E-state index contributed by atoms with van der Waals surface area (Å²) in [6, 6.07) is 2.72. The fraction of sp³-hybridized carbons (Fsp3) is 0.538. The number of nitrogens with one attached hydrogen (secondary N) is 1. The molecule has 1 aliphatic rings. The molecule has 0 spiro atoms. The Kier molecular flexibility index (Phi) is 4.16. The highest BCUT2D eigenvalue weighted by Gasteiger charge is 2.22. The van der Waals surface area contributed by atoms with Crippen LogP contribution in [0.25, 0.3) is 0 Å². The van der Waals surface area contributed by atoms with Gasteiger partial charge >= 0.3 is 0 Å². The lowest BCUT2D eigenvalue weighted by atomic mass is 10.0. The largest absolute Gasteiger partial charge is 0.507 e. The third-order valence-corrected chi connectivity index (χ3v) is 2.94. The average Bonchev–Trinajstić information content (AvgIpc) is 2.34. The van der Waals surface area contributed by atoms with Gasteiger partial charge in [-0.05, 0) is 26.2 Å². The van der Waals surface area contributed by atoms with Crippen LogP contribution >= 0.6 is 0 Å². The van der Waals surface area contributed by atoms with Crippen molar-refractivity contribution < 1.29 is 14.2 Å². The maximum atomic E-state index is 13.6. The molecule has 0 radical (unpaired) electrons. The molecule has 1 saturated heterocycles. The van der Waals surface area contributed by atoms with Crippen molar-refractivity contribution in [2.45, 2.75) is 12.6 Å². The Morgan fingerprint density at radius 3 is 2.89 bits per heavy atom. The normalized spacial score (nSPS) is 20.3. The summed E-state index contributed by atoms with van der Waals surface area (Å²) in [7, 11) is 3.76. The van der Waals surface area contributed by atoms with Crippen molar-refractivity contribution in [3.63, 3.8) is 0 Å². The standard InChI is InChI=1S/C13H19FN2O2/c1-16(2)8-9-5-10(14)6-11(13(9)17)12-7-15-3-4-18-12/h5-6,12,15,17H,3-4,7-8H2,1-2H3. The Labute approximate surface area is 106 Å². The Hall–Kier alpha value is -1.17. The van der Waals surface area contributed by atoms with E-state index in [1.807, 2.05) is 19.0 Å². The highest BCUT2D eigenvalue weighted by atomic mass is 19.1. The zero-order chi connectivity index (χ0) is 13.1. The number of aromatic hydroxyl groups is 1. The number of phenolic OH excluding ortho intramolecular Hbond substituents is 1. The predicted molar refractivity (Wildman–Crippen MR) is 67.0 cm³/mol. The molecule has 0 amide bonds. The molecule has 1 aromatic carbocycles. The van der Waals surface area contributed by atoms with Crippen LogP contribution in [0.5, 0.6) is 5.75 Å². The van der Waals surface area contributed by atoms with E-state index < -0.39 is 0 Å². The summed E-state index contributed by atoms with van der Waals surface area (Å²) in [5, 5.41) is 13.4. The first-order valence-electron chi connectivity index (χ1n) is 6.06. The van der Waals surface area contributed by atoms with Crippen molar-refractivity contribution >= 4 is 0 Å². The van der Waals surface area contributed by atoms with Crippen molar-refractivity contribution in [1.29, 1.82) is 0 Å². The topological polar surface area (TPSA) is 44.7 Å². The quantitative estimate of drug-likeness (QED) is 0.852. The van der Waals surface area contributed by atoms with Crippen molar-refractivity contribution in [2.24, 2.45) is 0 Å². The van der Waals surface area contributed by atoms with Crippen LogP contribution in [0, 0.1) is 5.82 Å². The number of nitrogens with zero attached hydrogens (tertiary/aromatic N) is 1. The van der Waals surface area contributed by atoms with Crippen LogP contribution < -0.4 is 5.32 Å². The van der Waals surface area contributed by atoms with Gasteiger partial charge in [-0.15, -0.1) is 0 Å². The molecule has 100 valence electrons. The maximum absolute atomic E-state index is 13.6. The molecule has 1 atom stereocenters. The molecule has 5 heteroatoms. The Bertz CT molecular complexity index is 418. The number of morpholine rings is 1. The summed E-state index contributed by atoms with van der Waals surface area (Å²) >= 11 is 0. The van der Waals surface area contributed by atoms with Crippen molar-refractivity contribution in [1.82, 2.24) is 10.2 Å². The molecule has 0 aliphatic carbocycles. The minimum absolute atomic E-state index is 0.138. The predicted octanol–water partition coefficient (Wildman–Crippen LogP) is 1.25. The lowest BCUT2D eigenvalue weighted by molar-refractivity contribution is 0.0260. The Balaban J connectivity index is 2.31. The average molecular weight is 254 g/mol. The molecule has 2 rings (SSSR count). The summed E-state index contributed by atoms with van der Waals surface area (Å²) in [5.41, 5.74) is 1.11. The molecule has 1 aromatic rings. The molecule has 1 unspecified atom stereocenters. The van der Waals surface area contributed by atoms with E-state index in [-0.39, 0.29) is 17.7 Å². The van der Waals surface area contributed by atoms with Gasteiger partial charge in [-0.25, -0.2) is 4.39 Å². The van der Waals surface area contributed by atoms with Crippen molar-refractivity contribution in [2.75, 3.05) is 33.8 Å². The SMILES string of the molecule is CN(C)Cc1cc(F)cc(C2CNCCO2)c1O. The minimum Gasteiger partial charge on any atom is -0.507 e. The highest BCUT2D eigenvalue weighted by molar-refractivity contribution is 5.42. The Morgan fingerprint density at radius 2 is 2.28 bits per heavy atom. The summed E-state index contributed by atoms with van der Waals surface area (Å²) in [6.45, 7) is 2.45. The second-order valence-electron chi connectivity index (χ2n) is 4.80. The first kappa shape index (κ1) is 13.3. The van der Waals surface area contributed by atoms with Crippen LogP contribution in [0.15, 0.2) is 12.1 Å². The van der Waals surface area contributed by atoms with Gasteiger partial charge in [0.1, 0.15) is 11.6 Å². The second kappa shape index (κ2) is 5.65. The van der Waals surface area contributed by atoms with E-state index in [0.29, 0.717) is 30.8 Å². The molecule has 0 aromatic heterocycles. The van der Waals surface area contributed by atoms with Crippen LogP contribution in [0.4, 0.5) is 4.39 Å². The number of hydrogen-bond donors (Lipinski definition) is 2. The highest BCUT2D eigenvalue weighted by Crippen LogP contribution is 2.32. The van der Waals surface area contributed by atoms with E-state index >= 15 is 0 Å². The van der Waals surface area contributed by atoms with E-state index in [1.165, 1.54) is 12.1 Å². The lowest BCUT2D eigenvalue weighted by Crippen LogP contribution is -2.33. The Morgan fingerprint density at radius 1 is 1.50 bits per heavy atom. The summed E-state index contributed by atoms with van der Waals surface area (Å²) in [6.07, 6.45) is -0.282. The van der Waals surface area contributed by atoms with Gasteiger partial charge in [-0.1, -0.05) is 0 Å². The lowest BCUT2D eigenvalue weighted by Gasteiger charge is -2.25.